The monoisotopic (exact) mass is 413 g/mol. The molecule has 3 rings (SSSR count). The Hall–Kier alpha value is -3.65. The van der Waals surface area contributed by atoms with Gasteiger partial charge in [0, 0.05) is 10.6 Å². The second-order valence-electron chi connectivity index (χ2n) is 5.98. The molecular weight excluding hydrogens is 398 g/mol. The highest BCUT2D eigenvalue weighted by Gasteiger charge is 2.17. The number of anilines is 1. The summed E-state index contributed by atoms with van der Waals surface area (Å²) < 4.78 is 6.02. The number of carbonyl (C=O) groups excluding carboxylic acids is 1. The second kappa shape index (κ2) is 9.03. The maximum absolute atomic E-state index is 12.7. The van der Waals surface area contributed by atoms with E-state index < -0.39 is 24.2 Å². The van der Waals surface area contributed by atoms with Crippen LogP contribution in [0.15, 0.2) is 65.6 Å². The van der Waals surface area contributed by atoms with Gasteiger partial charge in [-0.05, 0) is 17.7 Å². The summed E-state index contributed by atoms with van der Waals surface area (Å²) >= 11 is 5.97. The van der Waals surface area contributed by atoms with E-state index >= 15 is 0 Å². The molecule has 3 aromatic rings. The molecule has 0 fully saturated rings. The molecule has 1 heterocycles. The average Bonchev–Trinajstić information content (AvgIpc) is 2.70. The Morgan fingerprint density at radius 1 is 1.14 bits per heavy atom. The molecule has 0 atom stereocenters. The number of ether oxygens (including phenoxy) is 1. The quantitative estimate of drug-likeness (QED) is 0.640. The van der Waals surface area contributed by atoms with Crippen LogP contribution in [0.4, 0.5) is 10.5 Å². The molecule has 0 radical (unpaired) electrons. The lowest BCUT2D eigenvalue weighted by Gasteiger charge is -2.13. The summed E-state index contributed by atoms with van der Waals surface area (Å²) in [4.78, 5) is 40.2. The van der Waals surface area contributed by atoms with Crippen LogP contribution in [0.2, 0.25) is 5.02 Å². The van der Waals surface area contributed by atoms with Crippen molar-refractivity contribution < 1.29 is 19.4 Å². The number of hydrogen-bond acceptors (Lipinski definition) is 5. The van der Waals surface area contributed by atoms with Crippen molar-refractivity contribution >= 4 is 29.4 Å². The first-order valence-corrected chi connectivity index (χ1v) is 8.87. The molecule has 8 nitrogen and oxygen atoms in total. The first kappa shape index (κ1) is 20.1. The molecule has 0 aliphatic heterocycles. The third-order valence-electron chi connectivity index (χ3n) is 3.87. The predicted molar refractivity (Wildman–Crippen MR) is 107 cm³/mol. The summed E-state index contributed by atoms with van der Waals surface area (Å²) in [5.41, 5.74) is 0.318. The van der Waals surface area contributed by atoms with E-state index in [2.05, 4.69) is 10.3 Å². The molecule has 0 saturated carbocycles. The second-order valence-corrected chi connectivity index (χ2v) is 6.41. The number of rotatable bonds is 6. The number of aromatic nitrogens is 2. The minimum atomic E-state index is -1.24. The number of aliphatic carboxylic acids is 1. The fourth-order valence-corrected chi connectivity index (χ4v) is 2.78. The Balaban J connectivity index is 1.85. The van der Waals surface area contributed by atoms with E-state index in [0.29, 0.717) is 10.6 Å². The number of hydrogen-bond donors (Lipinski definition) is 2. The van der Waals surface area contributed by atoms with Gasteiger partial charge in [-0.1, -0.05) is 54.1 Å². The van der Waals surface area contributed by atoms with Crippen LogP contribution in [-0.4, -0.2) is 26.7 Å². The molecule has 0 bridgehead atoms. The van der Waals surface area contributed by atoms with Gasteiger partial charge in [-0.2, -0.15) is 0 Å². The molecule has 0 spiro atoms. The molecule has 0 unspecified atom stereocenters. The highest BCUT2D eigenvalue weighted by atomic mass is 35.5. The van der Waals surface area contributed by atoms with Gasteiger partial charge in [-0.25, -0.2) is 9.78 Å². The van der Waals surface area contributed by atoms with Crippen molar-refractivity contribution in [3.63, 3.8) is 0 Å². The zero-order valence-electron chi connectivity index (χ0n) is 15.0. The van der Waals surface area contributed by atoms with Gasteiger partial charge < -0.3 is 9.84 Å². The largest absolute Gasteiger partial charge is 0.480 e. The molecule has 1 amide bonds. The van der Waals surface area contributed by atoms with Gasteiger partial charge in [-0.3, -0.25) is 19.5 Å². The van der Waals surface area contributed by atoms with E-state index in [0.717, 1.165) is 16.3 Å². The van der Waals surface area contributed by atoms with Gasteiger partial charge in [0.25, 0.3) is 5.56 Å². The summed E-state index contributed by atoms with van der Waals surface area (Å²) in [6.45, 7) is -0.619. The summed E-state index contributed by atoms with van der Waals surface area (Å²) in [7, 11) is 0. The Kier molecular flexibility index (Phi) is 6.25. The van der Waals surface area contributed by atoms with Crippen molar-refractivity contribution in [1.82, 2.24) is 9.55 Å². The number of halogens is 1. The molecule has 29 heavy (non-hydrogen) atoms. The van der Waals surface area contributed by atoms with Gasteiger partial charge >= 0.3 is 12.1 Å². The third-order valence-corrected chi connectivity index (χ3v) is 4.11. The summed E-state index contributed by atoms with van der Waals surface area (Å²) in [5, 5.41) is 11.9. The van der Waals surface area contributed by atoms with Crippen molar-refractivity contribution in [1.29, 1.82) is 0 Å². The van der Waals surface area contributed by atoms with E-state index in [-0.39, 0.29) is 18.1 Å². The SMILES string of the molecule is O=C(O)Cn1c(-c2cccc(Cl)c2)ncc(NC(=O)OCc2ccccc2)c1=O. The number of amides is 1. The zero-order valence-corrected chi connectivity index (χ0v) is 15.8. The number of nitrogens with one attached hydrogen (secondary N) is 1. The van der Waals surface area contributed by atoms with Crippen LogP contribution in [-0.2, 0) is 22.7 Å². The lowest BCUT2D eigenvalue weighted by molar-refractivity contribution is -0.137. The lowest BCUT2D eigenvalue weighted by atomic mass is 10.2. The third kappa shape index (κ3) is 5.20. The van der Waals surface area contributed by atoms with Crippen LogP contribution in [0, 0.1) is 0 Å². The van der Waals surface area contributed by atoms with Gasteiger partial charge in [-0.15, -0.1) is 0 Å². The number of carbonyl (C=O) groups is 2. The van der Waals surface area contributed by atoms with E-state index in [1.165, 1.54) is 0 Å². The van der Waals surface area contributed by atoms with Crippen LogP contribution >= 0.6 is 11.6 Å². The molecule has 2 aromatic carbocycles. The van der Waals surface area contributed by atoms with Crippen molar-refractivity contribution in [2.75, 3.05) is 5.32 Å². The number of carboxylic acids is 1. The van der Waals surface area contributed by atoms with Crippen LogP contribution in [0.1, 0.15) is 5.56 Å². The molecule has 2 N–H and O–H groups in total. The summed E-state index contributed by atoms with van der Waals surface area (Å²) in [6.07, 6.45) is 0.297. The van der Waals surface area contributed by atoms with E-state index in [1.807, 2.05) is 6.07 Å². The number of nitrogens with zero attached hydrogens (tertiary/aromatic N) is 2. The highest BCUT2D eigenvalue weighted by molar-refractivity contribution is 6.30. The fraction of sp³-hybridized carbons (Fsp3) is 0.100. The predicted octanol–water partition coefficient (Wildman–Crippen LogP) is 3.40. The minimum Gasteiger partial charge on any atom is -0.480 e. The number of carboxylic acid groups (broad SMARTS) is 1. The minimum absolute atomic E-state index is 0.0179. The van der Waals surface area contributed by atoms with Crippen molar-refractivity contribution in [3.05, 3.63) is 81.7 Å². The topological polar surface area (TPSA) is 111 Å². The van der Waals surface area contributed by atoms with Crippen LogP contribution in [0.25, 0.3) is 11.4 Å². The molecule has 0 aliphatic rings. The Labute approximate surface area is 170 Å². The van der Waals surface area contributed by atoms with Crippen LogP contribution in [0.3, 0.4) is 0 Å². The maximum Gasteiger partial charge on any atom is 0.412 e. The zero-order chi connectivity index (χ0) is 20.8. The van der Waals surface area contributed by atoms with Crippen molar-refractivity contribution in [3.8, 4) is 11.4 Å². The van der Waals surface area contributed by atoms with E-state index in [1.54, 1.807) is 48.5 Å². The van der Waals surface area contributed by atoms with Gasteiger partial charge in [0.15, 0.2) is 0 Å². The first-order chi connectivity index (χ1) is 13.9. The van der Waals surface area contributed by atoms with Crippen LogP contribution < -0.4 is 10.9 Å². The van der Waals surface area contributed by atoms with E-state index in [4.69, 9.17) is 16.3 Å². The fourth-order valence-electron chi connectivity index (χ4n) is 2.59. The highest BCUT2D eigenvalue weighted by Crippen LogP contribution is 2.20. The standard InChI is InChI=1S/C20H16ClN3O5/c21-15-8-4-7-14(9-15)18-22-10-16(19(27)24(18)11-17(25)26)23-20(28)29-12-13-5-2-1-3-6-13/h1-10H,11-12H2,(H,23,28)(H,25,26). The molecule has 0 aliphatic carbocycles. The molecular formula is C20H16ClN3O5. The maximum atomic E-state index is 12.7. The van der Waals surface area contributed by atoms with E-state index in [9.17, 15) is 19.5 Å². The molecule has 1 aromatic heterocycles. The number of benzene rings is 2. The lowest BCUT2D eigenvalue weighted by Crippen LogP contribution is -2.30. The molecule has 0 saturated heterocycles. The Morgan fingerprint density at radius 3 is 2.59 bits per heavy atom. The summed E-state index contributed by atoms with van der Waals surface area (Å²) in [6, 6.07) is 15.5. The van der Waals surface area contributed by atoms with Crippen molar-refractivity contribution in [2.24, 2.45) is 0 Å². The normalized spacial score (nSPS) is 10.4. The van der Waals surface area contributed by atoms with Gasteiger partial charge in [0.05, 0.1) is 6.20 Å². The Morgan fingerprint density at radius 2 is 1.90 bits per heavy atom. The smallest absolute Gasteiger partial charge is 0.412 e. The molecule has 148 valence electrons. The van der Waals surface area contributed by atoms with Gasteiger partial charge in [0.1, 0.15) is 24.7 Å². The first-order valence-electron chi connectivity index (χ1n) is 8.49. The Bertz CT molecular complexity index is 1100. The average molecular weight is 414 g/mol. The summed E-state index contributed by atoms with van der Waals surface area (Å²) in [5.74, 6) is -1.12. The molecule has 9 heteroatoms. The van der Waals surface area contributed by atoms with Crippen molar-refractivity contribution in [2.45, 2.75) is 13.2 Å². The van der Waals surface area contributed by atoms with Gasteiger partial charge in [0.2, 0.25) is 0 Å². The van der Waals surface area contributed by atoms with Crippen LogP contribution in [0.5, 0.6) is 0 Å².